The van der Waals surface area contributed by atoms with Crippen molar-refractivity contribution in [2.24, 2.45) is 0 Å². The molecule has 0 amide bonds. The lowest BCUT2D eigenvalue weighted by molar-refractivity contribution is 0.450. The number of nitrogens with zero attached hydrogens (tertiary/aromatic N) is 2. The van der Waals surface area contributed by atoms with Gasteiger partial charge in [0.05, 0.1) is 0 Å². The van der Waals surface area contributed by atoms with Crippen LogP contribution in [-0.4, -0.2) is 17.6 Å². The fourth-order valence-corrected chi connectivity index (χ4v) is 2.30. The molecule has 0 aliphatic carbocycles. The second-order valence-corrected chi connectivity index (χ2v) is 3.96. The summed E-state index contributed by atoms with van der Waals surface area (Å²) in [5.41, 5.74) is 1.34. The normalized spacial score (nSPS) is 22.4. The summed E-state index contributed by atoms with van der Waals surface area (Å²) in [6, 6.07) is 4.98. The largest absolute Gasteiger partial charge is 0.368 e. The molecule has 2 heteroatoms. The molecule has 2 rings (SSSR count). The van der Waals surface area contributed by atoms with Crippen LogP contribution in [0.15, 0.2) is 24.5 Å². The Bertz CT molecular complexity index is 271. The number of hydrogen-bond donors (Lipinski definition) is 0. The van der Waals surface area contributed by atoms with E-state index in [0.717, 1.165) is 6.04 Å². The quantitative estimate of drug-likeness (QED) is 0.713. The molecule has 1 atom stereocenters. The van der Waals surface area contributed by atoms with E-state index < -0.39 is 0 Å². The molecule has 0 radical (unpaired) electrons. The van der Waals surface area contributed by atoms with Crippen molar-refractivity contribution in [3.05, 3.63) is 24.5 Å². The molecule has 1 aliphatic heterocycles. The molecule has 1 aromatic heterocycles. The molecular weight excluding hydrogens is 172 g/mol. The Hall–Kier alpha value is -1.05. The van der Waals surface area contributed by atoms with Gasteiger partial charge in [0, 0.05) is 30.7 Å². The second-order valence-electron chi connectivity index (χ2n) is 3.96. The predicted molar refractivity (Wildman–Crippen MR) is 59.5 cm³/mol. The van der Waals surface area contributed by atoms with Crippen molar-refractivity contribution in [3.63, 3.8) is 0 Å². The average Bonchev–Trinajstić information content (AvgIpc) is 2.30. The Balaban J connectivity index is 2.15. The third-order valence-corrected chi connectivity index (χ3v) is 3.09. The number of pyridine rings is 1. The van der Waals surface area contributed by atoms with E-state index >= 15 is 0 Å². The van der Waals surface area contributed by atoms with Gasteiger partial charge in [-0.3, -0.25) is 4.98 Å². The van der Waals surface area contributed by atoms with Gasteiger partial charge in [0.1, 0.15) is 0 Å². The zero-order valence-corrected chi connectivity index (χ0v) is 8.82. The number of hydrogen-bond acceptors (Lipinski definition) is 2. The van der Waals surface area contributed by atoms with Crippen LogP contribution in [0.5, 0.6) is 0 Å². The van der Waals surface area contributed by atoms with E-state index in [-0.39, 0.29) is 0 Å². The fourth-order valence-electron chi connectivity index (χ4n) is 2.30. The van der Waals surface area contributed by atoms with Crippen LogP contribution in [0.2, 0.25) is 0 Å². The maximum atomic E-state index is 4.06. The summed E-state index contributed by atoms with van der Waals surface area (Å²) in [6.45, 7) is 3.49. The molecule has 1 unspecified atom stereocenters. The highest BCUT2D eigenvalue weighted by atomic mass is 15.2. The van der Waals surface area contributed by atoms with Crippen LogP contribution in [0.3, 0.4) is 0 Å². The number of rotatable bonds is 2. The van der Waals surface area contributed by atoms with Crippen molar-refractivity contribution >= 4 is 5.69 Å². The van der Waals surface area contributed by atoms with Crippen LogP contribution in [0.1, 0.15) is 32.6 Å². The van der Waals surface area contributed by atoms with Crippen molar-refractivity contribution in [2.75, 3.05) is 11.4 Å². The first-order chi connectivity index (χ1) is 6.92. The van der Waals surface area contributed by atoms with Crippen molar-refractivity contribution < 1.29 is 0 Å². The van der Waals surface area contributed by atoms with Crippen molar-refractivity contribution in [2.45, 2.75) is 38.6 Å². The van der Waals surface area contributed by atoms with Crippen LogP contribution in [0, 0.1) is 0 Å². The Morgan fingerprint density at radius 3 is 2.86 bits per heavy atom. The van der Waals surface area contributed by atoms with Gasteiger partial charge in [0.15, 0.2) is 0 Å². The highest BCUT2D eigenvalue weighted by Gasteiger charge is 2.20. The molecule has 1 fully saturated rings. The molecule has 14 heavy (non-hydrogen) atoms. The standard InChI is InChI=1S/C12H18N2/c1-2-11-5-3-4-10-14(11)12-6-8-13-9-7-12/h6-9,11H,2-5,10H2,1H3. The smallest absolute Gasteiger partial charge is 0.0399 e. The summed E-state index contributed by atoms with van der Waals surface area (Å²) >= 11 is 0. The second kappa shape index (κ2) is 4.45. The molecule has 0 N–H and O–H groups in total. The van der Waals surface area contributed by atoms with E-state index in [1.807, 2.05) is 12.4 Å². The zero-order chi connectivity index (χ0) is 9.80. The summed E-state index contributed by atoms with van der Waals surface area (Å²) < 4.78 is 0. The Labute approximate surface area is 86.0 Å². The first-order valence-electron chi connectivity index (χ1n) is 5.58. The minimum absolute atomic E-state index is 0.742. The van der Waals surface area contributed by atoms with E-state index in [9.17, 15) is 0 Å². The Morgan fingerprint density at radius 2 is 2.14 bits per heavy atom. The molecule has 76 valence electrons. The maximum Gasteiger partial charge on any atom is 0.0399 e. The Kier molecular flexibility index (Phi) is 3.02. The van der Waals surface area contributed by atoms with Crippen LogP contribution < -0.4 is 4.90 Å². The van der Waals surface area contributed by atoms with Gasteiger partial charge in [0.25, 0.3) is 0 Å². The molecule has 0 saturated carbocycles. The minimum Gasteiger partial charge on any atom is -0.368 e. The molecule has 1 saturated heterocycles. The van der Waals surface area contributed by atoms with Crippen LogP contribution >= 0.6 is 0 Å². The van der Waals surface area contributed by atoms with E-state index in [2.05, 4.69) is 28.9 Å². The van der Waals surface area contributed by atoms with Crippen molar-refractivity contribution in [1.82, 2.24) is 4.98 Å². The highest BCUT2D eigenvalue weighted by Crippen LogP contribution is 2.25. The molecule has 1 aromatic rings. The lowest BCUT2D eigenvalue weighted by Gasteiger charge is -2.37. The fraction of sp³-hybridized carbons (Fsp3) is 0.583. The van der Waals surface area contributed by atoms with E-state index in [1.165, 1.54) is 37.9 Å². The number of aromatic nitrogens is 1. The number of piperidine rings is 1. The first-order valence-corrected chi connectivity index (χ1v) is 5.58. The highest BCUT2D eigenvalue weighted by molar-refractivity contribution is 5.46. The van der Waals surface area contributed by atoms with Crippen LogP contribution in [0.25, 0.3) is 0 Å². The molecule has 1 aliphatic rings. The lowest BCUT2D eigenvalue weighted by Crippen LogP contribution is -2.39. The molecule has 2 heterocycles. The molecular formula is C12H18N2. The van der Waals surface area contributed by atoms with Crippen molar-refractivity contribution in [3.8, 4) is 0 Å². The van der Waals surface area contributed by atoms with Gasteiger partial charge in [-0.1, -0.05) is 6.92 Å². The van der Waals surface area contributed by atoms with Crippen molar-refractivity contribution in [1.29, 1.82) is 0 Å². The monoisotopic (exact) mass is 190 g/mol. The molecule has 0 spiro atoms. The average molecular weight is 190 g/mol. The number of anilines is 1. The lowest BCUT2D eigenvalue weighted by atomic mass is 9.99. The summed E-state index contributed by atoms with van der Waals surface area (Å²) in [5, 5.41) is 0. The third kappa shape index (κ3) is 1.89. The first kappa shape index (κ1) is 9.50. The minimum atomic E-state index is 0.742. The maximum absolute atomic E-state index is 4.06. The van der Waals surface area contributed by atoms with Gasteiger partial charge in [-0.2, -0.15) is 0 Å². The summed E-state index contributed by atoms with van der Waals surface area (Å²) in [5.74, 6) is 0. The van der Waals surface area contributed by atoms with E-state index in [1.54, 1.807) is 0 Å². The van der Waals surface area contributed by atoms with E-state index in [4.69, 9.17) is 0 Å². The van der Waals surface area contributed by atoms with Gasteiger partial charge < -0.3 is 4.90 Å². The van der Waals surface area contributed by atoms with Gasteiger partial charge in [-0.05, 0) is 37.8 Å². The predicted octanol–water partition coefficient (Wildman–Crippen LogP) is 2.85. The van der Waals surface area contributed by atoms with Gasteiger partial charge in [0.2, 0.25) is 0 Å². The molecule has 2 nitrogen and oxygen atoms in total. The van der Waals surface area contributed by atoms with Crippen LogP contribution in [0.4, 0.5) is 5.69 Å². The topological polar surface area (TPSA) is 16.1 Å². The van der Waals surface area contributed by atoms with Gasteiger partial charge >= 0.3 is 0 Å². The van der Waals surface area contributed by atoms with E-state index in [0.29, 0.717) is 0 Å². The zero-order valence-electron chi connectivity index (χ0n) is 8.82. The molecule has 0 bridgehead atoms. The summed E-state index contributed by atoms with van der Waals surface area (Å²) in [6.07, 6.45) is 9.09. The Morgan fingerprint density at radius 1 is 1.36 bits per heavy atom. The van der Waals surface area contributed by atoms with Crippen LogP contribution in [-0.2, 0) is 0 Å². The molecule has 0 aromatic carbocycles. The van der Waals surface area contributed by atoms with Gasteiger partial charge in [-0.25, -0.2) is 0 Å². The summed E-state index contributed by atoms with van der Waals surface area (Å²) in [7, 11) is 0. The van der Waals surface area contributed by atoms with Gasteiger partial charge in [-0.15, -0.1) is 0 Å². The SMILES string of the molecule is CCC1CCCCN1c1ccncc1. The third-order valence-electron chi connectivity index (χ3n) is 3.09. The summed E-state index contributed by atoms with van der Waals surface area (Å²) in [4.78, 5) is 6.60.